The Morgan fingerprint density at radius 3 is 2.65 bits per heavy atom. The number of amidine groups is 1. The minimum atomic E-state index is 0.181. The molecule has 0 aromatic heterocycles. The lowest BCUT2D eigenvalue weighted by molar-refractivity contribution is 0.445. The predicted octanol–water partition coefficient (Wildman–Crippen LogP) is 3.61. The summed E-state index contributed by atoms with van der Waals surface area (Å²) in [6.07, 6.45) is 1.19. The first-order valence-electron chi connectivity index (χ1n) is 6.10. The van der Waals surface area contributed by atoms with Gasteiger partial charge in [0.25, 0.3) is 0 Å². The Labute approximate surface area is 108 Å². The smallest absolute Gasteiger partial charge is 0.157 e. The molecule has 17 heavy (non-hydrogen) atoms. The summed E-state index contributed by atoms with van der Waals surface area (Å²) in [4.78, 5) is 4.77. The average molecular weight is 248 g/mol. The maximum absolute atomic E-state index is 4.77. The second kappa shape index (κ2) is 5.13. The summed E-state index contributed by atoms with van der Waals surface area (Å²) in [6.45, 7) is 6.61. The Morgan fingerprint density at radius 1 is 1.29 bits per heavy atom. The highest BCUT2D eigenvalue weighted by atomic mass is 32.2. The summed E-state index contributed by atoms with van der Waals surface area (Å²) in [6, 6.07) is 10.7. The molecule has 0 spiro atoms. The van der Waals surface area contributed by atoms with Gasteiger partial charge in [-0.25, -0.2) is 0 Å². The maximum atomic E-state index is 4.77. The zero-order valence-corrected chi connectivity index (χ0v) is 11.6. The highest BCUT2D eigenvalue weighted by molar-refractivity contribution is 8.13. The van der Waals surface area contributed by atoms with Crippen LogP contribution in [0.15, 0.2) is 35.3 Å². The summed E-state index contributed by atoms with van der Waals surface area (Å²) < 4.78 is 0. The third kappa shape index (κ3) is 3.50. The van der Waals surface area contributed by atoms with Crippen LogP contribution in [0, 0.1) is 0 Å². The molecule has 1 heterocycles. The van der Waals surface area contributed by atoms with Crippen LogP contribution in [0.3, 0.4) is 0 Å². The average Bonchev–Trinajstić information content (AvgIpc) is 2.29. The fourth-order valence-electron chi connectivity index (χ4n) is 1.84. The summed E-state index contributed by atoms with van der Waals surface area (Å²) in [5, 5.41) is 4.59. The van der Waals surface area contributed by atoms with E-state index in [2.05, 4.69) is 50.4 Å². The largest absolute Gasteiger partial charge is 0.360 e. The quantitative estimate of drug-likeness (QED) is 0.864. The third-order valence-corrected chi connectivity index (χ3v) is 3.89. The first-order chi connectivity index (χ1) is 8.07. The molecule has 1 atom stereocenters. The topological polar surface area (TPSA) is 24.4 Å². The molecule has 1 fully saturated rings. The van der Waals surface area contributed by atoms with E-state index in [1.165, 1.54) is 12.0 Å². The van der Waals surface area contributed by atoms with E-state index >= 15 is 0 Å². The molecule has 92 valence electrons. The third-order valence-electron chi connectivity index (χ3n) is 3.00. The molecule has 1 aromatic carbocycles. The van der Waals surface area contributed by atoms with Gasteiger partial charge in [0.2, 0.25) is 0 Å². The molecule has 0 saturated carbocycles. The fraction of sp³-hybridized carbons (Fsp3) is 0.500. The summed E-state index contributed by atoms with van der Waals surface area (Å²) in [7, 11) is 0. The zero-order valence-electron chi connectivity index (χ0n) is 10.7. The highest BCUT2D eigenvalue weighted by Crippen LogP contribution is 2.24. The Kier molecular flexibility index (Phi) is 3.77. The molecular weight excluding hydrogens is 228 g/mol. The van der Waals surface area contributed by atoms with Crippen LogP contribution >= 0.6 is 11.8 Å². The minimum Gasteiger partial charge on any atom is -0.360 e. The number of hydrogen-bond donors (Lipinski definition) is 1. The lowest BCUT2D eigenvalue weighted by Crippen LogP contribution is -2.46. The number of thioether (sulfide) groups is 1. The van der Waals surface area contributed by atoms with Crippen LogP contribution in [0.1, 0.15) is 38.8 Å². The van der Waals surface area contributed by atoms with E-state index in [1.807, 2.05) is 17.8 Å². The van der Waals surface area contributed by atoms with Gasteiger partial charge in [0.15, 0.2) is 5.17 Å². The van der Waals surface area contributed by atoms with Gasteiger partial charge in [-0.15, -0.1) is 0 Å². The number of nitrogens with zero attached hydrogens (tertiary/aromatic N) is 1. The number of aliphatic imine (C=N–C) groups is 1. The van der Waals surface area contributed by atoms with Gasteiger partial charge in [-0.1, -0.05) is 42.1 Å². The van der Waals surface area contributed by atoms with Crippen molar-refractivity contribution in [2.45, 2.75) is 38.8 Å². The van der Waals surface area contributed by atoms with Gasteiger partial charge >= 0.3 is 0 Å². The second-order valence-electron chi connectivity index (χ2n) is 5.13. The van der Waals surface area contributed by atoms with Gasteiger partial charge in [0, 0.05) is 11.3 Å². The lowest BCUT2D eigenvalue weighted by Gasteiger charge is -2.32. The van der Waals surface area contributed by atoms with Gasteiger partial charge in [-0.05, 0) is 32.8 Å². The van der Waals surface area contributed by atoms with Crippen molar-refractivity contribution in [2.24, 2.45) is 4.99 Å². The molecular formula is C14H20N2S. The van der Waals surface area contributed by atoms with E-state index < -0.39 is 0 Å². The van der Waals surface area contributed by atoms with Gasteiger partial charge in [0.05, 0.1) is 6.04 Å². The van der Waals surface area contributed by atoms with Crippen molar-refractivity contribution >= 4 is 16.9 Å². The van der Waals surface area contributed by atoms with E-state index in [0.29, 0.717) is 0 Å². The van der Waals surface area contributed by atoms with E-state index in [1.54, 1.807) is 0 Å². The summed E-state index contributed by atoms with van der Waals surface area (Å²) in [5.41, 5.74) is 1.45. The van der Waals surface area contributed by atoms with Crippen molar-refractivity contribution in [3.8, 4) is 0 Å². The molecule has 1 saturated heterocycles. The molecule has 2 rings (SSSR count). The van der Waals surface area contributed by atoms with Gasteiger partial charge in [0.1, 0.15) is 0 Å². The Balaban J connectivity index is 2.09. The number of rotatable bonds is 2. The van der Waals surface area contributed by atoms with Crippen molar-refractivity contribution in [3.05, 3.63) is 35.9 Å². The summed E-state index contributed by atoms with van der Waals surface area (Å²) in [5.74, 6) is 1.15. The van der Waals surface area contributed by atoms with E-state index in [4.69, 9.17) is 4.99 Å². The standard InChI is InChI=1S/C14H20N2S/c1-11(12-7-5-4-6-8-12)15-13-16-14(2,3)9-10-17-13/h4-8,11H,9-10H2,1-3H3,(H,15,16). The maximum Gasteiger partial charge on any atom is 0.157 e. The molecule has 0 bridgehead atoms. The van der Waals surface area contributed by atoms with Gasteiger partial charge in [-0.3, -0.25) is 4.99 Å². The first kappa shape index (κ1) is 12.5. The second-order valence-corrected chi connectivity index (χ2v) is 6.21. The highest BCUT2D eigenvalue weighted by Gasteiger charge is 2.24. The van der Waals surface area contributed by atoms with Crippen LogP contribution < -0.4 is 5.32 Å². The van der Waals surface area contributed by atoms with Crippen LogP contribution in [0.5, 0.6) is 0 Å². The van der Waals surface area contributed by atoms with Crippen molar-refractivity contribution in [1.29, 1.82) is 0 Å². The Hall–Kier alpha value is -0.960. The van der Waals surface area contributed by atoms with Crippen molar-refractivity contribution in [1.82, 2.24) is 5.32 Å². The lowest BCUT2D eigenvalue weighted by atomic mass is 10.0. The van der Waals surface area contributed by atoms with Gasteiger partial charge in [-0.2, -0.15) is 0 Å². The molecule has 0 aliphatic carbocycles. The van der Waals surface area contributed by atoms with Crippen molar-refractivity contribution in [2.75, 3.05) is 5.75 Å². The van der Waals surface area contributed by atoms with Crippen molar-refractivity contribution < 1.29 is 0 Å². The minimum absolute atomic E-state index is 0.181. The number of benzene rings is 1. The van der Waals surface area contributed by atoms with Crippen LogP contribution in [-0.2, 0) is 0 Å². The molecule has 0 radical (unpaired) electrons. The molecule has 1 aromatic rings. The zero-order chi connectivity index (χ0) is 12.3. The molecule has 3 heteroatoms. The fourth-order valence-corrected chi connectivity index (χ4v) is 3.23. The Bertz CT molecular complexity index is 398. The molecule has 1 aliphatic rings. The number of hydrogen-bond acceptors (Lipinski definition) is 2. The normalized spacial score (nSPS) is 23.1. The predicted molar refractivity (Wildman–Crippen MR) is 76.6 cm³/mol. The summed E-state index contributed by atoms with van der Waals surface area (Å²) >= 11 is 1.83. The van der Waals surface area contributed by atoms with Gasteiger partial charge < -0.3 is 5.32 Å². The van der Waals surface area contributed by atoms with Crippen LogP contribution in [0.25, 0.3) is 0 Å². The first-order valence-corrected chi connectivity index (χ1v) is 7.09. The van der Waals surface area contributed by atoms with Crippen LogP contribution in [0.4, 0.5) is 0 Å². The Morgan fingerprint density at radius 2 is 2.00 bits per heavy atom. The SMILES string of the molecule is CC(N=C1NC(C)(C)CCS1)c1ccccc1. The molecule has 2 nitrogen and oxygen atoms in total. The van der Waals surface area contributed by atoms with E-state index in [9.17, 15) is 0 Å². The van der Waals surface area contributed by atoms with Crippen LogP contribution in [-0.4, -0.2) is 16.5 Å². The molecule has 1 aliphatic heterocycles. The molecule has 1 unspecified atom stereocenters. The monoisotopic (exact) mass is 248 g/mol. The van der Waals surface area contributed by atoms with Crippen LogP contribution in [0.2, 0.25) is 0 Å². The van der Waals surface area contributed by atoms with Crippen molar-refractivity contribution in [3.63, 3.8) is 0 Å². The molecule has 1 N–H and O–H groups in total. The number of nitrogens with one attached hydrogen (secondary N) is 1. The van der Waals surface area contributed by atoms with E-state index in [-0.39, 0.29) is 11.6 Å². The van der Waals surface area contributed by atoms with E-state index in [0.717, 1.165) is 10.9 Å². The molecule has 0 amide bonds.